The van der Waals surface area contributed by atoms with Crippen LogP contribution in [0.2, 0.25) is 0 Å². The Labute approximate surface area is 201 Å². The van der Waals surface area contributed by atoms with E-state index >= 15 is 0 Å². The van der Waals surface area contributed by atoms with E-state index in [9.17, 15) is 17.9 Å². The Morgan fingerprint density at radius 1 is 1.17 bits per heavy atom. The highest BCUT2D eigenvalue weighted by Gasteiger charge is 2.20. The lowest BCUT2D eigenvalue weighted by Gasteiger charge is -2.15. The zero-order valence-electron chi connectivity index (χ0n) is 18.7. The third-order valence-corrected chi connectivity index (χ3v) is 6.50. The van der Waals surface area contributed by atoms with E-state index in [4.69, 9.17) is 9.47 Å². The first-order valence-corrected chi connectivity index (χ1v) is 12.1. The number of halogens is 1. The lowest BCUT2D eigenvalue weighted by atomic mass is 10.1. The van der Waals surface area contributed by atoms with Crippen molar-refractivity contribution >= 4 is 26.6 Å². The molecule has 0 saturated carbocycles. The second-order valence-corrected chi connectivity index (χ2v) is 9.18. The van der Waals surface area contributed by atoms with Crippen LogP contribution in [0, 0.1) is 5.95 Å². The number of benzene rings is 2. The summed E-state index contributed by atoms with van der Waals surface area (Å²) in [5.74, 6) is 0.0892. The van der Waals surface area contributed by atoms with Crippen LogP contribution in [0.15, 0.2) is 65.7 Å². The van der Waals surface area contributed by atoms with Gasteiger partial charge >= 0.3 is 0 Å². The Morgan fingerprint density at radius 3 is 2.83 bits per heavy atom. The van der Waals surface area contributed by atoms with Crippen LogP contribution >= 0.6 is 0 Å². The maximum Gasteiger partial charge on any atom is 0.266 e. The van der Waals surface area contributed by atoms with E-state index in [0.29, 0.717) is 30.3 Å². The Kier molecular flexibility index (Phi) is 7.44. The lowest BCUT2D eigenvalue weighted by molar-refractivity contribution is 0.172. The highest BCUT2D eigenvalue weighted by atomic mass is 32.2. The summed E-state index contributed by atoms with van der Waals surface area (Å²) in [6.45, 7) is 1.04. The molecule has 35 heavy (non-hydrogen) atoms. The molecule has 0 saturated heterocycles. The summed E-state index contributed by atoms with van der Waals surface area (Å²) < 4.78 is 51.9. The maximum absolute atomic E-state index is 13.8. The molecule has 1 unspecified atom stereocenters. The minimum absolute atomic E-state index is 0.193. The predicted molar refractivity (Wildman–Crippen MR) is 127 cm³/mol. The smallest absolute Gasteiger partial charge is 0.266 e. The van der Waals surface area contributed by atoms with E-state index in [-0.39, 0.29) is 12.2 Å². The topological polar surface area (TPSA) is 138 Å². The number of rotatable bonds is 11. The van der Waals surface area contributed by atoms with E-state index in [1.54, 1.807) is 19.2 Å². The van der Waals surface area contributed by atoms with Gasteiger partial charge < -0.3 is 19.9 Å². The van der Waals surface area contributed by atoms with Crippen molar-refractivity contribution in [2.45, 2.75) is 11.0 Å². The number of nitrogens with zero attached hydrogens (tertiary/aromatic N) is 2. The van der Waals surface area contributed by atoms with Crippen molar-refractivity contribution in [3.05, 3.63) is 72.3 Å². The standard InChI is InChI=1S/C23H24FN5O5S/c1-33-23-18-8-7-17(13-19(18)27-28-23)34-11-10-25-14-20(30)15-4-2-5-16(12-15)29-35(31,32)21-6-3-9-26-22(21)24/h2-9,12-13,20,25,29-30H,10-11,14H2,1H3,(H,27,28). The summed E-state index contributed by atoms with van der Waals surface area (Å²) in [7, 11) is -2.61. The Bertz CT molecular complexity index is 1410. The van der Waals surface area contributed by atoms with Crippen molar-refractivity contribution in [3.8, 4) is 11.6 Å². The average molecular weight is 502 g/mol. The molecule has 12 heteroatoms. The molecule has 4 rings (SSSR count). The zero-order chi connectivity index (χ0) is 24.8. The van der Waals surface area contributed by atoms with E-state index < -0.39 is 27.0 Å². The number of aromatic nitrogens is 3. The summed E-state index contributed by atoms with van der Waals surface area (Å²) in [4.78, 5) is 2.81. The van der Waals surface area contributed by atoms with Gasteiger partial charge in [-0.25, -0.2) is 13.4 Å². The fourth-order valence-electron chi connectivity index (χ4n) is 3.41. The molecule has 184 valence electrons. The van der Waals surface area contributed by atoms with E-state index in [2.05, 4.69) is 25.2 Å². The number of hydrogen-bond acceptors (Lipinski definition) is 8. The fourth-order valence-corrected chi connectivity index (χ4v) is 4.49. The van der Waals surface area contributed by atoms with Crippen molar-refractivity contribution in [3.63, 3.8) is 0 Å². The van der Waals surface area contributed by atoms with Crippen LogP contribution in [0.25, 0.3) is 10.9 Å². The highest BCUT2D eigenvalue weighted by molar-refractivity contribution is 7.92. The number of nitrogens with one attached hydrogen (secondary N) is 3. The molecule has 0 radical (unpaired) electrons. The summed E-state index contributed by atoms with van der Waals surface area (Å²) >= 11 is 0. The van der Waals surface area contributed by atoms with E-state index in [1.165, 1.54) is 24.4 Å². The molecule has 4 N–H and O–H groups in total. The van der Waals surface area contributed by atoms with Crippen LogP contribution in [0.1, 0.15) is 11.7 Å². The quantitative estimate of drug-likeness (QED) is 0.182. The van der Waals surface area contributed by atoms with Gasteiger partial charge in [0.2, 0.25) is 11.8 Å². The van der Waals surface area contributed by atoms with Crippen molar-refractivity contribution < 1.29 is 27.4 Å². The minimum atomic E-state index is -4.17. The molecular weight excluding hydrogens is 477 g/mol. The van der Waals surface area contributed by atoms with Crippen molar-refractivity contribution in [2.75, 3.05) is 31.5 Å². The number of methoxy groups -OCH3 is 1. The first kappa shape index (κ1) is 24.4. The van der Waals surface area contributed by atoms with Crippen LogP contribution in [0.5, 0.6) is 11.6 Å². The van der Waals surface area contributed by atoms with Crippen LogP contribution in [-0.2, 0) is 10.0 Å². The molecule has 0 spiro atoms. The van der Waals surface area contributed by atoms with Gasteiger partial charge in [-0.2, -0.15) is 4.39 Å². The van der Waals surface area contributed by atoms with Gasteiger partial charge in [0, 0.05) is 31.0 Å². The van der Waals surface area contributed by atoms with Crippen molar-refractivity contribution in [1.29, 1.82) is 0 Å². The van der Waals surface area contributed by atoms with Gasteiger partial charge in [-0.05, 0) is 42.0 Å². The molecule has 10 nitrogen and oxygen atoms in total. The number of aromatic amines is 1. The van der Waals surface area contributed by atoms with Gasteiger partial charge in [-0.3, -0.25) is 9.82 Å². The number of aliphatic hydroxyl groups excluding tert-OH is 1. The maximum atomic E-state index is 13.8. The number of pyridine rings is 1. The largest absolute Gasteiger partial charge is 0.492 e. The molecular formula is C23H24FN5O5S. The van der Waals surface area contributed by atoms with Gasteiger partial charge in [-0.15, -0.1) is 5.10 Å². The highest BCUT2D eigenvalue weighted by Crippen LogP contribution is 2.26. The van der Waals surface area contributed by atoms with Crippen LogP contribution in [-0.4, -0.2) is 55.5 Å². The van der Waals surface area contributed by atoms with E-state index in [1.807, 2.05) is 18.2 Å². The van der Waals surface area contributed by atoms with E-state index in [0.717, 1.165) is 17.0 Å². The van der Waals surface area contributed by atoms with Crippen LogP contribution in [0.3, 0.4) is 0 Å². The summed E-state index contributed by atoms with van der Waals surface area (Å²) in [5.41, 5.74) is 1.48. The monoisotopic (exact) mass is 501 g/mol. The van der Waals surface area contributed by atoms with Crippen LogP contribution in [0.4, 0.5) is 10.1 Å². The number of ether oxygens (including phenoxy) is 2. The lowest BCUT2D eigenvalue weighted by Crippen LogP contribution is -2.26. The minimum Gasteiger partial charge on any atom is -0.492 e. The second kappa shape index (κ2) is 10.7. The SMILES string of the molecule is COc1n[nH]c2cc(OCCNCC(O)c3cccc(NS(=O)(=O)c4cccnc4F)c3)ccc12. The molecule has 0 fully saturated rings. The summed E-state index contributed by atoms with van der Waals surface area (Å²) in [5, 5.41) is 21.4. The van der Waals surface area contributed by atoms with Gasteiger partial charge in [0.1, 0.15) is 17.3 Å². The predicted octanol–water partition coefficient (Wildman–Crippen LogP) is 2.61. The Morgan fingerprint density at radius 2 is 2.03 bits per heavy atom. The third kappa shape index (κ3) is 5.85. The fraction of sp³-hybridized carbons (Fsp3) is 0.217. The molecule has 2 heterocycles. The number of hydrogen-bond donors (Lipinski definition) is 4. The van der Waals surface area contributed by atoms with Gasteiger partial charge in [0.05, 0.1) is 24.1 Å². The van der Waals surface area contributed by atoms with Gasteiger partial charge in [-0.1, -0.05) is 12.1 Å². The Balaban J connectivity index is 1.27. The average Bonchev–Trinajstić information content (AvgIpc) is 3.26. The van der Waals surface area contributed by atoms with Gasteiger partial charge in [0.25, 0.3) is 10.0 Å². The van der Waals surface area contributed by atoms with Crippen molar-refractivity contribution in [1.82, 2.24) is 20.5 Å². The molecule has 2 aromatic heterocycles. The summed E-state index contributed by atoms with van der Waals surface area (Å²) in [6.07, 6.45) is 0.266. The second-order valence-electron chi connectivity index (χ2n) is 7.53. The normalized spacial score (nSPS) is 12.4. The molecule has 0 aliphatic rings. The molecule has 1 atom stereocenters. The number of H-pyrrole nitrogens is 1. The number of sulfonamides is 1. The third-order valence-electron chi connectivity index (χ3n) is 5.12. The first-order valence-electron chi connectivity index (χ1n) is 10.6. The number of aliphatic hydroxyl groups is 1. The number of fused-ring (bicyclic) bond motifs is 1. The molecule has 0 aliphatic carbocycles. The summed E-state index contributed by atoms with van der Waals surface area (Å²) in [6, 6.07) is 14.2. The molecule has 0 bridgehead atoms. The first-order chi connectivity index (χ1) is 16.9. The zero-order valence-corrected chi connectivity index (χ0v) is 19.5. The molecule has 2 aromatic carbocycles. The van der Waals surface area contributed by atoms with Crippen molar-refractivity contribution in [2.24, 2.45) is 0 Å². The molecule has 4 aromatic rings. The van der Waals surface area contributed by atoms with Gasteiger partial charge in [0.15, 0.2) is 0 Å². The molecule has 0 amide bonds. The van der Waals surface area contributed by atoms with Crippen LogP contribution < -0.4 is 19.5 Å². The Hall–Kier alpha value is -3.74. The molecule has 0 aliphatic heterocycles. The number of anilines is 1.